The molecule has 0 saturated heterocycles. The predicted molar refractivity (Wildman–Crippen MR) is 74.1 cm³/mol. The van der Waals surface area contributed by atoms with Crippen LogP contribution in [0.5, 0.6) is 5.75 Å². The fourth-order valence-corrected chi connectivity index (χ4v) is 1.73. The smallest absolute Gasteiger partial charge is 0.338 e. The molecule has 0 bridgehead atoms. The molecule has 0 atom stereocenters. The largest absolute Gasteiger partial charge is 0.493 e. The first kappa shape index (κ1) is 14.0. The first-order valence-corrected chi connectivity index (χ1v) is 6.31. The standard InChI is InChI=1S/C15H16N2O3/c1-10-4-3-5-13(11(10)2)20-7-6-14-16-8-12(9-17-14)15(18)19/h3-5,8-9H,6-7H2,1-2H3,(H,18,19). The number of hydrogen-bond donors (Lipinski definition) is 1. The van der Waals surface area contributed by atoms with Gasteiger partial charge in [-0.3, -0.25) is 0 Å². The fourth-order valence-electron chi connectivity index (χ4n) is 1.73. The second-order valence-electron chi connectivity index (χ2n) is 4.49. The van der Waals surface area contributed by atoms with E-state index in [-0.39, 0.29) is 5.56 Å². The van der Waals surface area contributed by atoms with Gasteiger partial charge in [0.05, 0.1) is 12.2 Å². The van der Waals surface area contributed by atoms with Gasteiger partial charge in [-0.25, -0.2) is 14.8 Å². The molecule has 0 spiro atoms. The van der Waals surface area contributed by atoms with Gasteiger partial charge in [0, 0.05) is 18.8 Å². The molecular formula is C15H16N2O3. The molecule has 1 N–H and O–H groups in total. The van der Waals surface area contributed by atoms with Crippen LogP contribution in [0.2, 0.25) is 0 Å². The van der Waals surface area contributed by atoms with Gasteiger partial charge in [0.1, 0.15) is 11.6 Å². The van der Waals surface area contributed by atoms with E-state index in [2.05, 4.69) is 9.97 Å². The maximum Gasteiger partial charge on any atom is 0.338 e. The minimum absolute atomic E-state index is 0.0872. The molecule has 0 saturated carbocycles. The number of carbonyl (C=O) groups is 1. The highest BCUT2D eigenvalue weighted by molar-refractivity contribution is 5.86. The van der Waals surface area contributed by atoms with Crippen LogP contribution in [-0.4, -0.2) is 27.7 Å². The SMILES string of the molecule is Cc1cccc(OCCc2ncc(C(=O)O)cn2)c1C. The number of carboxylic acids is 1. The van der Waals surface area contributed by atoms with Gasteiger partial charge in [-0.15, -0.1) is 0 Å². The average molecular weight is 272 g/mol. The minimum Gasteiger partial charge on any atom is -0.493 e. The quantitative estimate of drug-likeness (QED) is 0.905. The Morgan fingerprint density at radius 1 is 1.25 bits per heavy atom. The number of aryl methyl sites for hydroxylation is 1. The topological polar surface area (TPSA) is 72.3 Å². The Morgan fingerprint density at radius 2 is 1.95 bits per heavy atom. The monoisotopic (exact) mass is 272 g/mol. The molecule has 1 aromatic heterocycles. The molecule has 20 heavy (non-hydrogen) atoms. The van der Waals surface area contributed by atoms with Gasteiger partial charge in [0.2, 0.25) is 0 Å². The van der Waals surface area contributed by atoms with E-state index in [1.54, 1.807) is 0 Å². The molecule has 104 valence electrons. The van der Waals surface area contributed by atoms with Crippen LogP contribution < -0.4 is 4.74 Å². The van der Waals surface area contributed by atoms with Gasteiger partial charge < -0.3 is 9.84 Å². The van der Waals surface area contributed by atoms with Gasteiger partial charge in [-0.05, 0) is 31.0 Å². The molecule has 0 fully saturated rings. The molecule has 0 aliphatic heterocycles. The van der Waals surface area contributed by atoms with Crippen LogP contribution in [-0.2, 0) is 6.42 Å². The Hall–Kier alpha value is -2.43. The maximum atomic E-state index is 10.7. The Morgan fingerprint density at radius 3 is 2.60 bits per heavy atom. The lowest BCUT2D eigenvalue weighted by Crippen LogP contribution is -2.07. The van der Waals surface area contributed by atoms with E-state index < -0.39 is 5.97 Å². The summed E-state index contributed by atoms with van der Waals surface area (Å²) in [6, 6.07) is 5.92. The highest BCUT2D eigenvalue weighted by atomic mass is 16.5. The third-order valence-corrected chi connectivity index (χ3v) is 3.09. The molecule has 0 unspecified atom stereocenters. The summed E-state index contributed by atoms with van der Waals surface area (Å²) < 4.78 is 5.70. The van der Waals surface area contributed by atoms with E-state index in [1.807, 2.05) is 32.0 Å². The zero-order chi connectivity index (χ0) is 14.5. The van der Waals surface area contributed by atoms with E-state index in [1.165, 1.54) is 18.0 Å². The third kappa shape index (κ3) is 3.32. The van der Waals surface area contributed by atoms with Crippen LogP contribution in [0.1, 0.15) is 27.3 Å². The van der Waals surface area contributed by atoms with E-state index in [4.69, 9.17) is 9.84 Å². The molecule has 1 heterocycles. The number of ether oxygens (including phenoxy) is 1. The summed E-state index contributed by atoms with van der Waals surface area (Å²) in [5.41, 5.74) is 2.39. The van der Waals surface area contributed by atoms with Crippen molar-refractivity contribution in [3.8, 4) is 5.75 Å². The van der Waals surface area contributed by atoms with Gasteiger partial charge >= 0.3 is 5.97 Å². The summed E-state index contributed by atoms with van der Waals surface area (Å²) in [5.74, 6) is 0.399. The molecule has 1 aromatic carbocycles. The number of rotatable bonds is 5. The van der Waals surface area contributed by atoms with E-state index in [9.17, 15) is 4.79 Å². The molecule has 2 aromatic rings. The Labute approximate surface area is 117 Å². The molecule has 5 nitrogen and oxygen atoms in total. The number of aromatic carboxylic acids is 1. The molecule has 0 radical (unpaired) electrons. The number of aromatic nitrogens is 2. The Kier molecular flexibility index (Phi) is 4.30. The summed E-state index contributed by atoms with van der Waals surface area (Å²) in [6.45, 7) is 4.51. The van der Waals surface area contributed by atoms with Crippen molar-refractivity contribution >= 4 is 5.97 Å². The first-order chi connectivity index (χ1) is 9.58. The minimum atomic E-state index is -1.02. The Balaban J connectivity index is 1.92. The van der Waals surface area contributed by atoms with Crippen LogP contribution in [0.25, 0.3) is 0 Å². The molecule has 0 amide bonds. The van der Waals surface area contributed by atoms with E-state index >= 15 is 0 Å². The highest BCUT2D eigenvalue weighted by Gasteiger charge is 2.05. The van der Waals surface area contributed by atoms with Crippen molar-refractivity contribution in [3.63, 3.8) is 0 Å². The lowest BCUT2D eigenvalue weighted by atomic mass is 10.1. The summed E-state index contributed by atoms with van der Waals surface area (Å²) in [4.78, 5) is 18.7. The number of benzene rings is 1. The van der Waals surface area contributed by atoms with Gasteiger partial charge in [-0.1, -0.05) is 12.1 Å². The van der Waals surface area contributed by atoms with Crippen molar-refractivity contribution in [2.75, 3.05) is 6.61 Å². The second kappa shape index (κ2) is 6.14. The highest BCUT2D eigenvalue weighted by Crippen LogP contribution is 2.20. The third-order valence-electron chi connectivity index (χ3n) is 3.09. The first-order valence-electron chi connectivity index (χ1n) is 6.31. The normalized spacial score (nSPS) is 10.3. The van der Waals surface area contributed by atoms with Crippen molar-refractivity contribution in [2.45, 2.75) is 20.3 Å². The lowest BCUT2D eigenvalue weighted by molar-refractivity contribution is 0.0696. The summed E-state index contributed by atoms with van der Waals surface area (Å²) in [7, 11) is 0. The van der Waals surface area contributed by atoms with Crippen molar-refractivity contribution < 1.29 is 14.6 Å². The van der Waals surface area contributed by atoms with Crippen LogP contribution in [0.15, 0.2) is 30.6 Å². The van der Waals surface area contributed by atoms with Crippen molar-refractivity contribution in [1.82, 2.24) is 9.97 Å². The molecular weight excluding hydrogens is 256 g/mol. The summed E-state index contributed by atoms with van der Waals surface area (Å²) >= 11 is 0. The molecule has 0 aliphatic rings. The lowest BCUT2D eigenvalue weighted by Gasteiger charge is -2.10. The van der Waals surface area contributed by atoms with E-state index in [0.717, 1.165) is 11.3 Å². The Bertz CT molecular complexity index is 609. The number of nitrogens with zero attached hydrogens (tertiary/aromatic N) is 2. The molecule has 0 aliphatic carbocycles. The second-order valence-corrected chi connectivity index (χ2v) is 4.49. The van der Waals surface area contributed by atoms with Crippen LogP contribution in [0.3, 0.4) is 0 Å². The molecule has 5 heteroatoms. The molecule has 2 rings (SSSR count). The van der Waals surface area contributed by atoms with Gasteiger partial charge in [-0.2, -0.15) is 0 Å². The van der Waals surface area contributed by atoms with Crippen LogP contribution >= 0.6 is 0 Å². The average Bonchev–Trinajstić information content (AvgIpc) is 2.44. The van der Waals surface area contributed by atoms with Crippen molar-refractivity contribution in [1.29, 1.82) is 0 Å². The number of hydrogen-bond acceptors (Lipinski definition) is 4. The van der Waals surface area contributed by atoms with Crippen molar-refractivity contribution in [3.05, 3.63) is 53.1 Å². The predicted octanol–water partition coefficient (Wildman–Crippen LogP) is 2.41. The van der Waals surface area contributed by atoms with Crippen molar-refractivity contribution in [2.24, 2.45) is 0 Å². The van der Waals surface area contributed by atoms with E-state index in [0.29, 0.717) is 18.9 Å². The maximum absolute atomic E-state index is 10.7. The van der Waals surface area contributed by atoms with Crippen LogP contribution in [0, 0.1) is 13.8 Å². The van der Waals surface area contributed by atoms with Crippen LogP contribution in [0.4, 0.5) is 0 Å². The summed E-state index contributed by atoms with van der Waals surface area (Å²) in [5, 5.41) is 8.75. The zero-order valence-corrected chi connectivity index (χ0v) is 11.5. The van der Waals surface area contributed by atoms with Gasteiger partial charge in [0.25, 0.3) is 0 Å². The number of carboxylic acid groups (broad SMARTS) is 1. The zero-order valence-electron chi connectivity index (χ0n) is 11.5. The van der Waals surface area contributed by atoms with Gasteiger partial charge in [0.15, 0.2) is 0 Å². The fraction of sp³-hybridized carbons (Fsp3) is 0.267. The summed E-state index contributed by atoms with van der Waals surface area (Å²) in [6.07, 6.45) is 3.15.